The summed E-state index contributed by atoms with van der Waals surface area (Å²) in [6.45, 7) is 4.68. The quantitative estimate of drug-likeness (QED) is 0.425. The Morgan fingerprint density at radius 2 is 1.82 bits per heavy atom. The second-order valence-corrected chi connectivity index (χ2v) is 7.62. The van der Waals surface area contributed by atoms with E-state index in [-0.39, 0.29) is 17.8 Å². The average molecular weight is 398 g/mol. The van der Waals surface area contributed by atoms with Gasteiger partial charge in [-0.1, -0.05) is 60.3 Å². The van der Waals surface area contributed by atoms with Gasteiger partial charge in [0.15, 0.2) is 11.0 Å². The highest BCUT2D eigenvalue weighted by atomic mass is 32.2. The van der Waals surface area contributed by atoms with E-state index in [1.165, 1.54) is 18.9 Å². The van der Waals surface area contributed by atoms with Crippen molar-refractivity contribution >= 4 is 17.7 Å². The van der Waals surface area contributed by atoms with Crippen LogP contribution in [-0.4, -0.2) is 33.1 Å². The molecule has 0 radical (unpaired) electrons. The first-order valence-electron chi connectivity index (χ1n) is 8.97. The van der Waals surface area contributed by atoms with E-state index >= 15 is 0 Å². The summed E-state index contributed by atoms with van der Waals surface area (Å²) in [6, 6.07) is 17.9. The van der Waals surface area contributed by atoms with Crippen molar-refractivity contribution in [1.29, 1.82) is 0 Å². The molecule has 28 heavy (non-hydrogen) atoms. The van der Waals surface area contributed by atoms with E-state index in [0.29, 0.717) is 17.5 Å². The van der Waals surface area contributed by atoms with Crippen LogP contribution in [0.1, 0.15) is 23.9 Å². The van der Waals surface area contributed by atoms with Crippen molar-refractivity contribution < 1.29 is 14.3 Å². The van der Waals surface area contributed by atoms with Crippen LogP contribution in [-0.2, 0) is 22.7 Å². The lowest BCUT2D eigenvalue weighted by atomic mass is 10.2. The molecule has 0 aliphatic rings. The SMILES string of the molecule is COC(=O)[C@H](C)Sc1nnc(COc2ccccc2C)n1Cc1ccccc1. The summed E-state index contributed by atoms with van der Waals surface area (Å²) in [4.78, 5) is 11.8. The molecule has 0 aliphatic heterocycles. The summed E-state index contributed by atoms with van der Waals surface area (Å²) in [6.07, 6.45) is 0. The van der Waals surface area contributed by atoms with E-state index in [4.69, 9.17) is 9.47 Å². The van der Waals surface area contributed by atoms with Gasteiger partial charge in [0.05, 0.1) is 13.7 Å². The van der Waals surface area contributed by atoms with Crippen LogP contribution < -0.4 is 4.74 Å². The van der Waals surface area contributed by atoms with Gasteiger partial charge >= 0.3 is 5.97 Å². The van der Waals surface area contributed by atoms with Crippen LogP contribution >= 0.6 is 11.8 Å². The monoisotopic (exact) mass is 397 g/mol. The summed E-state index contributed by atoms with van der Waals surface area (Å²) in [7, 11) is 1.38. The number of esters is 1. The molecule has 0 N–H and O–H groups in total. The number of aromatic nitrogens is 3. The van der Waals surface area contributed by atoms with Crippen molar-refractivity contribution in [3.8, 4) is 5.75 Å². The molecule has 0 unspecified atom stereocenters. The lowest BCUT2D eigenvalue weighted by Gasteiger charge is -2.13. The molecule has 7 heteroatoms. The van der Waals surface area contributed by atoms with Crippen LogP contribution in [0.2, 0.25) is 0 Å². The van der Waals surface area contributed by atoms with Gasteiger partial charge < -0.3 is 9.47 Å². The number of ether oxygens (including phenoxy) is 2. The van der Waals surface area contributed by atoms with Gasteiger partial charge in [0.25, 0.3) is 0 Å². The molecule has 0 fully saturated rings. The maximum Gasteiger partial charge on any atom is 0.318 e. The zero-order valence-corrected chi connectivity index (χ0v) is 17.0. The number of methoxy groups -OCH3 is 1. The Kier molecular flexibility index (Phi) is 6.71. The number of para-hydroxylation sites is 1. The molecule has 3 aromatic rings. The Hall–Kier alpha value is -2.80. The first-order chi connectivity index (χ1) is 13.6. The van der Waals surface area contributed by atoms with E-state index in [2.05, 4.69) is 10.2 Å². The Bertz CT molecular complexity index is 928. The number of benzene rings is 2. The van der Waals surface area contributed by atoms with Gasteiger partial charge in [-0.2, -0.15) is 0 Å². The Morgan fingerprint density at radius 1 is 1.11 bits per heavy atom. The second kappa shape index (κ2) is 9.41. The van der Waals surface area contributed by atoms with Crippen LogP contribution in [0.3, 0.4) is 0 Å². The summed E-state index contributed by atoms with van der Waals surface area (Å²) in [5, 5.41) is 8.88. The minimum Gasteiger partial charge on any atom is -0.485 e. The minimum atomic E-state index is -0.381. The smallest absolute Gasteiger partial charge is 0.318 e. The zero-order valence-electron chi connectivity index (χ0n) is 16.2. The second-order valence-electron chi connectivity index (χ2n) is 6.31. The molecular formula is C21H23N3O3S. The number of hydrogen-bond acceptors (Lipinski definition) is 6. The van der Waals surface area contributed by atoms with E-state index in [1.54, 1.807) is 6.92 Å². The first-order valence-corrected chi connectivity index (χ1v) is 9.85. The van der Waals surface area contributed by atoms with Gasteiger partial charge in [-0.3, -0.25) is 9.36 Å². The van der Waals surface area contributed by atoms with E-state index < -0.39 is 0 Å². The van der Waals surface area contributed by atoms with E-state index in [1.807, 2.05) is 66.1 Å². The number of carbonyl (C=O) groups is 1. The summed E-state index contributed by atoms with van der Waals surface area (Å²) >= 11 is 1.33. The van der Waals surface area contributed by atoms with Gasteiger partial charge in [-0.25, -0.2) is 0 Å². The van der Waals surface area contributed by atoms with Crippen LogP contribution in [0, 0.1) is 6.92 Å². The zero-order chi connectivity index (χ0) is 19.9. The van der Waals surface area contributed by atoms with Crippen molar-refractivity contribution in [3.63, 3.8) is 0 Å². The van der Waals surface area contributed by atoms with Crippen molar-refractivity contribution in [2.75, 3.05) is 7.11 Å². The molecule has 0 bridgehead atoms. The molecule has 0 aliphatic carbocycles. The molecule has 0 spiro atoms. The standard InChI is InChI=1S/C21H23N3O3S/c1-15-9-7-8-12-18(15)27-14-19-22-23-21(28-16(2)20(25)26-3)24(19)13-17-10-5-4-6-11-17/h4-12,16H,13-14H2,1-3H3/t16-/m0/s1. The predicted molar refractivity (Wildman–Crippen MR) is 108 cm³/mol. The van der Waals surface area contributed by atoms with E-state index in [0.717, 1.165) is 16.9 Å². The van der Waals surface area contributed by atoms with E-state index in [9.17, 15) is 4.79 Å². The van der Waals surface area contributed by atoms with Crippen molar-refractivity contribution in [1.82, 2.24) is 14.8 Å². The predicted octanol–water partition coefficient (Wildman–Crippen LogP) is 3.87. The average Bonchev–Trinajstić information content (AvgIpc) is 3.08. The molecule has 0 amide bonds. The fraction of sp³-hybridized carbons (Fsp3) is 0.286. The number of thioether (sulfide) groups is 1. The third kappa shape index (κ3) is 4.92. The Balaban J connectivity index is 1.84. The molecule has 0 saturated carbocycles. The van der Waals surface area contributed by atoms with Gasteiger partial charge in [0.2, 0.25) is 0 Å². The van der Waals surface area contributed by atoms with Crippen LogP contribution in [0.4, 0.5) is 0 Å². The van der Waals surface area contributed by atoms with Gasteiger partial charge in [-0.05, 0) is 31.0 Å². The lowest BCUT2D eigenvalue weighted by molar-refractivity contribution is -0.139. The molecule has 0 saturated heterocycles. The third-order valence-corrected chi connectivity index (χ3v) is 5.30. The molecule has 1 atom stereocenters. The first kappa shape index (κ1) is 19.9. The fourth-order valence-corrected chi connectivity index (χ4v) is 3.56. The number of carbonyl (C=O) groups excluding carboxylic acids is 1. The highest BCUT2D eigenvalue weighted by Gasteiger charge is 2.21. The largest absolute Gasteiger partial charge is 0.485 e. The lowest BCUT2D eigenvalue weighted by Crippen LogP contribution is -2.16. The summed E-state index contributed by atoms with van der Waals surface area (Å²) in [5.41, 5.74) is 2.18. The highest BCUT2D eigenvalue weighted by Crippen LogP contribution is 2.25. The van der Waals surface area contributed by atoms with Crippen LogP contribution in [0.15, 0.2) is 59.8 Å². The Labute approximate surface area is 168 Å². The maximum atomic E-state index is 11.8. The van der Waals surface area contributed by atoms with Gasteiger partial charge in [0, 0.05) is 0 Å². The molecule has 1 aromatic heterocycles. The number of rotatable bonds is 8. The van der Waals surface area contributed by atoms with Gasteiger partial charge in [-0.15, -0.1) is 10.2 Å². The number of hydrogen-bond donors (Lipinski definition) is 0. The molecule has 146 valence electrons. The number of nitrogens with zero attached hydrogens (tertiary/aromatic N) is 3. The minimum absolute atomic E-state index is 0.290. The van der Waals surface area contributed by atoms with Crippen LogP contribution in [0.5, 0.6) is 5.75 Å². The molecule has 1 heterocycles. The molecular weight excluding hydrogens is 374 g/mol. The van der Waals surface area contributed by atoms with Crippen molar-refractivity contribution in [2.45, 2.75) is 37.4 Å². The Morgan fingerprint density at radius 3 is 2.54 bits per heavy atom. The van der Waals surface area contributed by atoms with Gasteiger partial charge in [0.1, 0.15) is 17.6 Å². The van der Waals surface area contributed by atoms with Crippen molar-refractivity contribution in [2.24, 2.45) is 0 Å². The van der Waals surface area contributed by atoms with Crippen molar-refractivity contribution in [3.05, 3.63) is 71.5 Å². The molecule has 6 nitrogen and oxygen atoms in total. The summed E-state index contributed by atoms with van der Waals surface area (Å²) < 4.78 is 12.8. The highest BCUT2D eigenvalue weighted by molar-refractivity contribution is 8.00. The summed E-state index contributed by atoms with van der Waals surface area (Å²) in [5.74, 6) is 1.22. The molecule has 3 rings (SSSR count). The topological polar surface area (TPSA) is 66.2 Å². The fourth-order valence-electron chi connectivity index (χ4n) is 2.67. The normalized spacial score (nSPS) is 11.8. The van der Waals surface area contributed by atoms with Crippen LogP contribution in [0.25, 0.3) is 0 Å². The third-order valence-electron chi connectivity index (χ3n) is 4.24. The number of aryl methyl sites for hydroxylation is 1. The maximum absolute atomic E-state index is 11.8. The molecule has 2 aromatic carbocycles.